The molecule has 2 N–H and O–H groups in total. The highest BCUT2D eigenvalue weighted by Gasteiger charge is 2.17. The summed E-state index contributed by atoms with van der Waals surface area (Å²) in [5.74, 6) is -0.0284. The third kappa shape index (κ3) is 3.51. The number of nitrogens with zero attached hydrogens (tertiary/aromatic N) is 3. The van der Waals surface area contributed by atoms with E-state index in [1.165, 1.54) is 6.20 Å². The van der Waals surface area contributed by atoms with Crippen LogP contribution in [0.4, 0.5) is 5.69 Å². The van der Waals surface area contributed by atoms with E-state index in [1.807, 2.05) is 31.2 Å². The number of rotatable bonds is 5. The SMILES string of the molecule is CCCN(Cc1cccc(N)c1)C(=O)c1cnns1. The molecule has 19 heavy (non-hydrogen) atoms. The van der Waals surface area contributed by atoms with Crippen LogP contribution in [0.5, 0.6) is 0 Å². The van der Waals surface area contributed by atoms with E-state index in [-0.39, 0.29) is 5.91 Å². The van der Waals surface area contributed by atoms with E-state index in [0.29, 0.717) is 23.7 Å². The van der Waals surface area contributed by atoms with Gasteiger partial charge in [0.2, 0.25) is 0 Å². The second-order valence-electron chi connectivity index (χ2n) is 4.25. The number of benzene rings is 1. The average molecular weight is 276 g/mol. The molecule has 0 saturated heterocycles. The van der Waals surface area contributed by atoms with E-state index in [2.05, 4.69) is 9.59 Å². The van der Waals surface area contributed by atoms with Crippen molar-refractivity contribution in [3.05, 3.63) is 40.9 Å². The van der Waals surface area contributed by atoms with Gasteiger partial charge in [-0.05, 0) is 35.6 Å². The van der Waals surface area contributed by atoms with E-state index in [1.54, 1.807) is 4.90 Å². The smallest absolute Gasteiger partial charge is 0.267 e. The van der Waals surface area contributed by atoms with E-state index in [9.17, 15) is 4.79 Å². The van der Waals surface area contributed by atoms with Crippen LogP contribution in [0.25, 0.3) is 0 Å². The Morgan fingerprint density at radius 1 is 1.47 bits per heavy atom. The van der Waals surface area contributed by atoms with Crippen LogP contribution in [0.15, 0.2) is 30.5 Å². The van der Waals surface area contributed by atoms with Gasteiger partial charge in [0.15, 0.2) is 0 Å². The zero-order valence-corrected chi connectivity index (χ0v) is 11.6. The van der Waals surface area contributed by atoms with Crippen LogP contribution >= 0.6 is 11.5 Å². The summed E-state index contributed by atoms with van der Waals surface area (Å²) in [7, 11) is 0. The molecule has 6 heteroatoms. The summed E-state index contributed by atoms with van der Waals surface area (Å²) in [6.07, 6.45) is 2.41. The number of carbonyl (C=O) groups excluding carboxylic acids is 1. The Bertz CT molecular complexity index is 541. The molecule has 0 atom stereocenters. The fourth-order valence-electron chi connectivity index (χ4n) is 1.85. The highest BCUT2D eigenvalue weighted by Crippen LogP contribution is 2.14. The summed E-state index contributed by atoms with van der Waals surface area (Å²) in [6, 6.07) is 7.59. The lowest BCUT2D eigenvalue weighted by atomic mass is 10.2. The summed E-state index contributed by atoms with van der Waals surface area (Å²) in [6.45, 7) is 3.30. The molecule has 2 aromatic rings. The van der Waals surface area contributed by atoms with Crippen molar-refractivity contribution >= 4 is 23.1 Å². The molecule has 0 aliphatic carbocycles. The predicted octanol–water partition coefficient (Wildman–Crippen LogP) is 2.17. The molecule has 0 aliphatic heterocycles. The Morgan fingerprint density at radius 3 is 2.95 bits per heavy atom. The van der Waals surface area contributed by atoms with Gasteiger partial charge in [-0.1, -0.05) is 23.5 Å². The molecule has 0 saturated carbocycles. The summed E-state index contributed by atoms with van der Waals surface area (Å²) in [5, 5.41) is 3.71. The van der Waals surface area contributed by atoms with Crippen molar-refractivity contribution < 1.29 is 4.79 Å². The molecule has 0 unspecified atom stereocenters. The number of nitrogens with two attached hydrogens (primary N) is 1. The quantitative estimate of drug-likeness (QED) is 0.849. The van der Waals surface area contributed by atoms with Gasteiger partial charge in [-0.2, -0.15) is 0 Å². The summed E-state index contributed by atoms with van der Waals surface area (Å²) in [5.41, 5.74) is 7.49. The molecular formula is C13H16N4OS. The molecular weight excluding hydrogens is 260 g/mol. The topological polar surface area (TPSA) is 72.1 Å². The molecule has 0 spiro atoms. The number of amides is 1. The average Bonchev–Trinajstić information content (AvgIpc) is 2.91. The van der Waals surface area contributed by atoms with E-state index in [0.717, 1.165) is 23.5 Å². The molecule has 2 rings (SSSR count). The third-order valence-corrected chi connectivity index (χ3v) is 3.33. The number of nitrogen functional groups attached to an aromatic ring is 1. The van der Waals surface area contributed by atoms with Crippen molar-refractivity contribution in [3.8, 4) is 0 Å². The maximum atomic E-state index is 12.3. The Hall–Kier alpha value is -1.95. The number of anilines is 1. The first-order valence-corrected chi connectivity index (χ1v) is 6.89. The maximum Gasteiger partial charge on any atom is 0.267 e. The monoisotopic (exact) mass is 276 g/mol. The van der Waals surface area contributed by atoms with Gasteiger partial charge in [0.25, 0.3) is 5.91 Å². The molecule has 0 fully saturated rings. The van der Waals surface area contributed by atoms with Crippen LogP contribution in [0.3, 0.4) is 0 Å². The number of carbonyl (C=O) groups is 1. The molecule has 1 aromatic heterocycles. The highest BCUT2D eigenvalue weighted by atomic mass is 32.1. The molecule has 1 heterocycles. The van der Waals surface area contributed by atoms with Gasteiger partial charge in [-0.15, -0.1) is 5.10 Å². The normalized spacial score (nSPS) is 10.4. The minimum absolute atomic E-state index is 0.0284. The minimum atomic E-state index is -0.0284. The zero-order valence-electron chi connectivity index (χ0n) is 10.7. The lowest BCUT2D eigenvalue weighted by molar-refractivity contribution is 0.0748. The molecule has 1 aromatic carbocycles. The first-order chi connectivity index (χ1) is 9.20. The summed E-state index contributed by atoms with van der Waals surface area (Å²) >= 11 is 1.12. The Kier molecular flexibility index (Phi) is 4.46. The van der Waals surface area contributed by atoms with Gasteiger partial charge in [-0.3, -0.25) is 4.79 Å². The molecule has 0 bridgehead atoms. The van der Waals surface area contributed by atoms with Crippen LogP contribution in [-0.4, -0.2) is 26.9 Å². The van der Waals surface area contributed by atoms with Gasteiger partial charge >= 0.3 is 0 Å². The third-order valence-electron chi connectivity index (χ3n) is 2.68. The fraction of sp³-hybridized carbons (Fsp3) is 0.308. The Morgan fingerprint density at radius 2 is 2.32 bits per heavy atom. The van der Waals surface area contributed by atoms with Crippen LogP contribution in [0.1, 0.15) is 28.6 Å². The van der Waals surface area contributed by atoms with E-state index >= 15 is 0 Å². The highest BCUT2D eigenvalue weighted by molar-refractivity contribution is 7.07. The van der Waals surface area contributed by atoms with Crippen molar-refractivity contribution in [2.75, 3.05) is 12.3 Å². The predicted molar refractivity (Wildman–Crippen MR) is 75.8 cm³/mol. The van der Waals surface area contributed by atoms with Crippen molar-refractivity contribution in [1.29, 1.82) is 0 Å². The second-order valence-corrected chi connectivity index (χ2v) is 5.04. The summed E-state index contributed by atoms with van der Waals surface area (Å²) in [4.78, 5) is 14.7. The van der Waals surface area contributed by atoms with Gasteiger partial charge < -0.3 is 10.6 Å². The second kappa shape index (κ2) is 6.29. The van der Waals surface area contributed by atoms with Gasteiger partial charge in [0, 0.05) is 18.8 Å². The van der Waals surface area contributed by atoms with Crippen molar-refractivity contribution in [1.82, 2.24) is 14.5 Å². The largest absolute Gasteiger partial charge is 0.399 e. The molecule has 5 nitrogen and oxygen atoms in total. The fourth-order valence-corrected chi connectivity index (χ4v) is 2.34. The Balaban J connectivity index is 2.14. The number of hydrogen-bond acceptors (Lipinski definition) is 5. The van der Waals surface area contributed by atoms with Gasteiger partial charge in [0.1, 0.15) is 4.88 Å². The van der Waals surface area contributed by atoms with Crippen LogP contribution in [0.2, 0.25) is 0 Å². The van der Waals surface area contributed by atoms with Gasteiger partial charge in [0.05, 0.1) is 6.20 Å². The molecule has 0 radical (unpaired) electrons. The van der Waals surface area contributed by atoms with Crippen molar-refractivity contribution in [2.45, 2.75) is 19.9 Å². The lowest BCUT2D eigenvalue weighted by Crippen LogP contribution is -2.30. The first kappa shape index (κ1) is 13.5. The van der Waals surface area contributed by atoms with Crippen LogP contribution < -0.4 is 5.73 Å². The standard InChI is InChI=1S/C13H16N4OS/c1-2-6-17(13(18)12-8-15-16-19-12)9-10-4-3-5-11(14)7-10/h3-5,7-8H,2,6,9,14H2,1H3. The molecule has 100 valence electrons. The van der Waals surface area contributed by atoms with Crippen molar-refractivity contribution in [2.24, 2.45) is 0 Å². The van der Waals surface area contributed by atoms with Gasteiger partial charge in [-0.25, -0.2) is 0 Å². The zero-order chi connectivity index (χ0) is 13.7. The van der Waals surface area contributed by atoms with Crippen LogP contribution in [-0.2, 0) is 6.54 Å². The van der Waals surface area contributed by atoms with E-state index in [4.69, 9.17) is 5.73 Å². The minimum Gasteiger partial charge on any atom is -0.399 e. The van der Waals surface area contributed by atoms with E-state index < -0.39 is 0 Å². The lowest BCUT2D eigenvalue weighted by Gasteiger charge is -2.21. The Labute approximate surface area is 116 Å². The first-order valence-electron chi connectivity index (χ1n) is 6.11. The number of hydrogen-bond donors (Lipinski definition) is 1. The molecule has 0 aliphatic rings. The molecule has 1 amide bonds. The summed E-state index contributed by atoms with van der Waals surface area (Å²) < 4.78 is 3.73. The van der Waals surface area contributed by atoms with Crippen molar-refractivity contribution in [3.63, 3.8) is 0 Å². The number of aromatic nitrogens is 2. The maximum absolute atomic E-state index is 12.3. The van der Waals surface area contributed by atoms with Crippen LogP contribution in [0, 0.1) is 0 Å².